The van der Waals surface area contributed by atoms with E-state index in [-0.39, 0.29) is 0 Å². The van der Waals surface area contributed by atoms with Gasteiger partial charge in [-0.25, -0.2) is 0 Å². The Hall–Kier alpha value is -0.970. The molecule has 0 saturated heterocycles. The number of hydrogen-bond acceptors (Lipinski definition) is 2. The Kier molecular flexibility index (Phi) is 4.30. The maximum absolute atomic E-state index is 4.53. The van der Waals surface area contributed by atoms with E-state index in [1.54, 1.807) is 13.3 Å². The quantitative estimate of drug-likeness (QED) is 0.269. The SMILES string of the molecule is CON=CCCCC#CC1[CH]C1. The first-order valence-corrected chi connectivity index (χ1v) is 4.30. The van der Waals surface area contributed by atoms with Crippen LogP contribution in [0.3, 0.4) is 0 Å². The number of nitrogens with zero attached hydrogens (tertiary/aromatic N) is 1. The Morgan fingerprint density at radius 3 is 3.25 bits per heavy atom. The lowest BCUT2D eigenvalue weighted by Crippen LogP contribution is -1.77. The highest BCUT2D eigenvalue weighted by molar-refractivity contribution is 5.56. The van der Waals surface area contributed by atoms with Crippen LogP contribution in [-0.4, -0.2) is 13.3 Å². The Balaban J connectivity index is 1.89. The van der Waals surface area contributed by atoms with Crippen molar-refractivity contribution in [2.75, 3.05) is 7.11 Å². The molecule has 2 heteroatoms. The van der Waals surface area contributed by atoms with Crippen molar-refractivity contribution in [3.63, 3.8) is 0 Å². The molecule has 0 N–H and O–H groups in total. The Labute approximate surface area is 74.0 Å². The second-order valence-electron chi connectivity index (χ2n) is 2.76. The van der Waals surface area contributed by atoms with Crippen LogP contribution in [0.5, 0.6) is 0 Å². The van der Waals surface area contributed by atoms with Gasteiger partial charge in [0.2, 0.25) is 0 Å². The van der Waals surface area contributed by atoms with Crippen LogP contribution in [0.15, 0.2) is 5.16 Å². The van der Waals surface area contributed by atoms with Crippen molar-refractivity contribution in [2.24, 2.45) is 11.1 Å². The van der Waals surface area contributed by atoms with Crippen LogP contribution in [0.4, 0.5) is 0 Å². The molecule has 1 fully saturated rings. The summed E-state index contributed by atoms with van der Waals surface area (Å²) in [6.45, 7) is 0. The van der Waals surface area contributed by atoms with Crippen molar-refractivity contribution < 1.29 is 4.84 Å². The average Bonchev–Trinajstić information content (AvgIpc) is 2.87. The summed E-state index contributed by atoms with van der Waals surface area (Å²) in [5, 5.41) is 3.64. The van der Waals surface area contributed by atoms with Crippen LogP contribution in [-0.2, 0) is 4.84 Å². The minimum Gasteiger partial charge on any atom is -0.399 e. The monoisotopic (exact) mass is 164 g/mol. The van der Waals surface area contributed by atoms with Gasteiger partial charge >= 0.3 is 0 Å². The molecule has 1 saturated carbocycles. The van der Waals surface area contributed by atoms with E-state index in [1.807, 2.05) is 0 Å². The second-order valence-corrected chi connectivity index (χ2v) is 2.76. The minimum atomic E-state index is 0.609. The van der Waals surface area contributed by atoms with Crippen LogP contribution >= 0.6 is 0 Å². The molecule has 0 aromatic rings. The molecule has 1 rings (SSSR count). The van der Waals surface area contributed by atoms with Gasteiger partial charge in [0, 0.05) is 18.6 Å². The molecule has 12 heavy (non-hydrogen) atoms. The predicted molar refractivity (Wildman–Crippen MR) is 49.5 cm³/mol. The largest absolute Gasteiger partial charge is 0.399 e. The van der Waals surface area contributed by atoms with Crippen molar-refractivity contribution in [1.82, 2.24) is 0 Å². The van der Waals surface area contributed by atoms with Crippen LogP contribution < -0.4 is 0 Å². The topological polar surface area (TPSA) is 21.6 Å². The smallest absolute Gasteiger partial charge is 0.106 e. The molecular weight excluding hydrogens is 150 g/mol. The first kappa shape index (κ1) is 9.12. The summed E-state index contributed by atoms with van der Waals surface area (Å²) in [5.41, 5.74) is 0. The predicted octanol–water partition coefficient (Wildman–Crippen LogP) is 2.02. The lowest BCUT2D eigenvalue weighted by molar-refractivity contribution is 0.214. The molecule has 0 amide bonds. The van der Waals surface area contributed by atoms with Crippen molar-refractivity contribution in [3.8, 4) is 11.8 Å². The molecule has 0 aliphatic heterocycles. The Morgan fingerprint density at radius 2 is 2.58 bits per heavy atom. The number of oxime groups is 1. The van der Waals surface area contributed by atoms with Crippen LogP contribution in [0.25, 0.3) is 0 Å². The van der Waals surface area contributed by atoms with Crippen molar-refractivity contribution in [3.05, 3.63) is 6.42 Å². The lowest BCUT2D eigenvalue weighted by Gasteiger charge is -1.87. The first-order valence-electron chi connectivity index (χ1n) is 4.30. The van der Waals surface area contributed by atoms with E-state index in [4.69, 9.17) is 0 Å². The van der Waals surface area contributed by atoms with Crippen LogP contribution in [0, 0.1) is 24.2 Å². The summed E-state index contributed by atoms with van der Waals surface area (Å²) in [7, 11) is 1.55. The number of rotatable bonds is 4. The lowest BCUT2D eigenvalue weighted by atomic mass is 10.2. The van der Waals surface area contributed by atoms with Gasteiger partial charge in [0.1, 0.15) is 7.11 Å². The van der Waals surface area contributed by atoms with E-state index in [2.05, 4.69) is 28.3 Å². The molecule has 0 spiro atoms. The molecule has 0 heterocycles. The molecule has 0 bridgehead atoms. The molecular formula is C10H14NO. The third-order valence-electron chi connectivity index (χ3n) is 1.57. The summed E-state index contributed by atoms with van der Waals surface area (Å²) in [5.74, 6) is 6.92. The van der Waals surface area contributed by atoms with Gasteiger partial charge in [-0.2, -0.15) is 0 Å². The fraction of sp³-hybridized carbons (Fsp3) is 0.600. The highest BCUT2D eigenvalue weighted by Crippen LogP contribution is 2.25. The van der Waals surface area contributed by atoms with Crippen molar-refractivity contribution in [2.45, 2.75) is 25.7 Å². The van der Waals surface area contributed by atoms with Crippen molar-refractivity contribution >= 4 is 6.21 Å². The highest BCUT2D eigenvalue weighted by Gasteiger charge is 2.17. The standard InChI is InChI=1S/C10H14NO/c1-12-11-9-5-3-2-4-6-10-7-8-10/h7,9-10H,2-3,5,8H2,1H3. The van der Waals surface area contributed by atoms with Crippen LogP contribution in [0.2, 0.25) is 0 Å². The second kappa shape index (κ2) is 5.65. The van der Waals surface area contributed by atoms with Gasteiger partial charge in [-0.3, -0.25) is 0 Å². The van der Waals surface area contributed by atoms with Gasteiger partial charge in [0.05, 0.1) is 0 Å². The summed E-state index contributed by atoms with van der Waals surface area (Å²) in [4.78, 5) is 4.53. The van der Waals surface area contributed by atoms with Gasteiger partial charge in [0.25, 0.3) is 0 Å². The molecule has 1 unspecified atom stereocenters. The highest BCUT2D eigenvalue weighted by atomic mass is 16.6. The maximum atomic E-state index is 4.53. The minimum absolute atomic E-state index is 0.609. The fourth-order valence-electron chi connectivity index (χ4n) is 0.798. The molecule has 0 aromatic carbocycles. The zero-order valence-corrected chi connectivity index (χ0v) is 7.42. The zero-order valence-electron chi connectivity index (χ0n) is 7.42. The van der Waals surface area contributed by atoms with E-state index >= 15 is 0 Å². The normalized spacial score (nSPS) is 15.8. The van der Waals surface area contributed by atoms with E-state index in [0.717, 1.165) is 19.3 Å². The summed E-state index contributed by atoms with van der Waals surface area (Å²) in [6.07, 6.45) is 8.20. The third kappa shape index (κ3) is 4.79. The molecule has 1 aliphatic carbocycles. The van der Waals surface area contributed by atoms with Crippen LogP contribution in [0.1, 0.15) is 25.7 Å². The number of hydrogen-bond donors (Lipinski definition) is 0. The van der Waals surface area contributed by atoms with Crippen molar-refractivity contribution in [1.29, 1.82) is 0 Å². The summed E-state index contributed by atoms with van der Waals surface area (Å²) < 4.78 is 0. The first-order chi connectivity index (χ1) is 5.93. The summed E-state index contributed by atoms with van der Waals surface area (Å²) >= 11 is 0. The number of unbranched alkanes of at least 4 members (excludes halogenated alkanes) is 2. The summed E-state index contributed by atoms with van der Waals surface area (Å²) in [6, 6.07) is 0. The van der Waals surface area contributed by atoms with Gasteiger partial charge in [-0.1, -0.05) is 11.1 Å². The Bertz CT molecular complexity index is 196. The van der Waals surface area contributed by atoms with E-state index in [9.17, 15) is 0 Å². The van der Waals surface area contributed by atoms with Gasteiger partial charge in [-0.05, 0) is 25.7 Å². The van der Waals surface area contributed by atoms with E-state index in [1.165, 1.54) is 6.42 Å². The van der Waals surface area contributed by atoms with E-state index < -0.39 is 0 Å². The molecule has 1 radical (unpaired) electrons. The zero-order chi connectivity index (χ0) is 8.65. The maximum Gasteiger partial charge on any atom is 0.106 e. The molecule has 0 aromatic heterocycles. The molecule has 1 atom stereocenters. The van der Waals surface area contributed by atoms with Gasteiger partial charge < -0.3 is 4.84 Å². The molecule has 1 aliphatic rings. The Morgan fingerprint density at radius 1 is 1.75 bits per heavy atom. The van der Waals surface area contributed by atoms with Gasteiger partial charge in [0.15, 0.2) is 0 Å². The average molecular weight is 164 g/mol. The van der Waals surface area contributed by atoms with Gasteiger partial charge in [-0.15, -0.1) is 5.92 Å². The fourth-order valence-corrected chi connectivity index (χ4v) is 0.798. The third-order valence-corrected chi connectivity index (χ3v) is 1.57. The molecule has 2 nitrogen and oxygen atoms in total. The molecule has 65 valence electrons. The van der Waals surface area contributed by atoms with E-state index in [0.29, 0.717) is 5.92 Å².